The summed E-state index contributed by atoms with van der Waals surface area (Å²) in [6.45, 7) is 5.77. The number of nitrogens with zero attached hydrogens (tertiary/aromatic N) is 2. The van der Waals surface area contributed by atoms with Crippen molar-refractivity contribution in [2.75, 3.05) is 26.0 Å². The fraction of sp³-hybridized carbons (Fsp3) is 0.333. The lowest BCUT2D eigenvalue weighted by atomic mass is 9.99. The highest BCUT2D eigenvalue weighted by atomic mass is 16.2. The van der Waals surface area contributed by atoms with Crippen molar-refractivity contribution in [1.29, 1.82) is 0 Å². The molecule has 0 saturated carbocycles. The Hall–Kier alpha value is -2.62. The van der Waals surface area contributed by atoms with Gasteiger partial charge in [-0.2, -0.15) is 0 Å². The highest BCUT2D eigenvalue weighted by Gasteiger charge is 2.24. The Morgan fingerprint density at radius 2 is 1.56 bits per heavy atom. The predicted octanol–water partition coefficient (Wildman–Crippen LogP) is 3.71. The van der Waals surface area contributed by atoms with Crippen LogP contribution in [0.4, 0.5) is 5.69 Å². The molecule has 0 aliphatic heterocycles. The molecule has 0 aromatic heterocycles. The molecule has 25 heavy (non-hydrogen) atoms. The summed E-state index contributed by atoms with van der Waals surface area (Å²) in [6.07, 6.45) is 0. The maximum Gasteiger partial charge on any atom is 0.254 e. The Kier molecular flexibility index (Phi) is 5.62. The second-order valence-electron chi connectivity index (χ2n) is 6.70. The zero-order valence-corrected chi connectivity index (χ0v) is 15.8. The fourth-order valence-electron chi connectivity index (χ4n) is 2.61. The number of hydrogen-bond donors (Lipinski definition) is 0. The molecule has 0 radical (unpaired) electrons. The minimum Gasteiger partial charge on any atom is -0.378 e. The smallest absolute Gasteiger partial charge is 0.254 e. The van der Waals surface area contributed by atoms with E-state index in [0.29, 0.717) is 11.1 Å². The third kappa shape index (κ3) is 4.08. The number of anilines is 1. The van der Waals surface area contributed by atoms with E-state index < -0.39 is 6.04 Å². The topological polar surface area (TPSA) is 40.6 Å². The maximum absolute atomic E-state index is 12.8. The first kappa shape index (κ1) is 18.7. The van der Waals surface area contributed by atoms with Crippen LogP contribution in [-0.2, 0) is 0 Å². The summed E-state index contributed by atoms with van der Waals surface area (Å²) >= 11 is 0. The Balaban J connectivity index is 2.22. The lowest BCUT2D eigenvalue weighted by Crippen LogP contribution is -2.40. The number of amides is 1. The molecule has 2 aromatic carbocycles. The molecular formula is C21H26N2O2. The summed E-state index contributed by atoms with van der Waals surface area (Å²) in [5.74, 6) is -0.212. The monoisotopic (exact) mass is 338 g/mol. The largest absolute Gasteiger partial charge is 0.378 e. The predicted molar refractivity (Wildman–Crippen MR) is 103 cm³/mol. The molecule has 0 aliphatic rings. The molecule has 0 bridgehead atoms. The molecule has 0 spiro atoms. The van der Waals surface area contributed by atoms with Gasteiger partial charge >= 0.3 is 0 Å². The Bertz CT molecular complexity index is 796. The van der Waals surface area contributed by atoms with E-state index in [-0.39, 0.29) is 11.7 Å². The van der Waals surface area contributed by atoms with Gasteiger partial charge in [-0.15, -0.1) is 0 Å². The van der Waals surface area contributed by atoms with Crippen LogP contribution < -0.4 is 4.90 Å². The second kappa shape index (κ2) is 7.51. The molecular weight excluding hydrogens is 312 g/mol. The van der Waals surface area contributed by atoms with Crippen LogP contribution in [0.5, 0.6) is 0 Å². The maximum atomic E-state index is 12.8. The summed E-state index contributed by atoms with van der Waals surface area (Å²) in [6, 6.07) is 12.5. The molecule has 1 unspecified atom stereocenters. The van der Waals surface area contributed by atoms with Crippen molar-refractivity contribution >= 4 is 17.4 Å². The first-order chi connectivity index (χ1) is 11.7. The average molecular weight is 338 g/mol. The molecule has 0 heterocycles. The number of hydrogen-bond acceptors (Lipinski definition) is 3. The summed E-state index contributed by atoms with van der Waals surface area (Å²) in [4.78, 5) is 29.0. The van der Waals surface area contributed by atoms with Gasteiger partial charge < -0.3 is 9.80 Å². The highest BCUT2D eigenvalue weighted by Crippen LogP contribution is 2.18. The average Bonchev–Trinajstić information content (AvgIpc) is 2.61. The van der Waals surface area contributed by atoms with E-state index in [9.17, 15) is 9.59 Å². The summed E-state index contributed by atoms with van der Waals surface area (Å²) in [5, 5.41) is 0. The number of likely N-dealkylation sites (N-methyl/N-ethyl adjacent to an activating group) is 1. The Morgan fingerprint density at radius 1 is 0.880 bits per heavy atom. The van der Waals surface area contributed by atoms with Gasteiger partial charge in [0.05, 0.1) is 6.04 Å². The molecule has 2 aromatic rings. The van der Waals surface area contributed by atoms with E-state index in [2.05, 4.69) is 0 Å². The molecule has 4 nitrogen and oxygen atoms in total. The van der Waals surface area contributed by atoms with E-state index in [4.69, 9.17) is 0 Å². The lowest BCUT2D eigenvalue weighted by molar-refractivity contribution is 0.0675. The molecule has 2 rings (SSSR count). The minimum absolute atomic E-state index is 0.0530. The molecule has 1 amide bonds. The van der Waals surface area contributed by atoms with Crippen LogP contribution in [0.25, 0.3) is 0 Å². The van der Waals surface area contributed by atoms with Crippen molar-refractivity contribution in [1.82, 2.24) is 4.90 Å². The van der Waals surface area contributed by atoms with Crippen molar-refractivity contribution in [2.45, 2.75) is 26.8 Å². The molecule has 0 N–H and O–H groups in total. The molecule has 0 aliphatic carbocycles. The van der Waals surface area contributed by atoms with E-state index in [1.807, 2.05) is 69.2 Å². The number of rotatable bonds is 5. The zero-order valence-electron chi connectivity index (χ0n) is 15.8. The van der Waals surface area contributed by atoms with E-state index in [1.165, 1.54) is 4.90 Å². The Morgan fingerprint density at radius 3 is 2.16 bits per heavy atom. The summed E-state index contributed by atoms with van der Waals surface area (Å²) in [7, 11) is 5.53. The summed E-state index contributed by atoms with van der Waals surface area (Å²) in [5.41, 5.74) is 4.39. The molecule has 0 saturated heterocycles. The molecule has 4 heteroatoms. The Labute approximate surface area is 150 Å². The highest BCUT2D eigenvalue weighted by molar-refractivity contribution is 6.04. The minimum atomic E-state index is -0.530. The van der Waals surface area contributed by atoms with Gasteiger partial charge in [-0.05, 0) is 56.2 Å². The van der Waals surface area contributed by atoms with Crippen LogP contribution in [0.3, 0.4) is 0 Å². The summed E-state index contributed by atoms with van der Waals surface area (Å²) < 4.78 is 0. The SMILES string of the molecule is Cc1ccc(C(=O)C(C)N(C)C(=O)c2cccc(N(C)C)c2)cc1C. The number of carbonyl (C=O) groups is 2. The number of ketones is 1. The second-order valence-corrected chi connectivity index (χ2v) is 6.70. The first-order valence-electron chi connectivity index (χ1n) is 8.38. The van der Waals surface area contributed by atoms with Gasteiger partial charge in [0.25, 0.3) is 5.91 Å². The standard InChI is InChI=1S/C21H26N2O2/c1-14-10-11-17(12-15(14)2)20(24)16(3)23(6)21(25)18-8-7-9-19(13-18)22(4)5/h7-13,16H,1-6H3. The number of benzene rings is 2. The van der Waals surface area contributed by atoms with Gasteiger partial charge in [-0.1, -0.05) is 18.2 Å². The molecule has 0 fully saturated rings. The van der Waals surface area contributed by atoms with Crippen molar-refractivity contribution in [3.63, 3.8) is 0 Å². The first-order valence-corrected chi connectivity index (χ1v) is 8.38. The van der Waals surface area contributed by atoms with Gasteiger partial charge in [0.2, 0.25) is 0 Å². The van der Waals surface area contributed by atoms with Crippen LogP contribution in [0.15, 0.2) is 42.5 Å². The van der Waals surface area contributed by atoms with Crippen molar-refractivity contribution in [3.05, 3.63) is 64.7 Å². The van der Waals surface area contributed by atoms with E-state index >= 15 is 0 Å². The van der Waals surface area contributed by atoms with E-state index in [1.54, 1.807) is 20.0 Å². The van der Waals surface area contributed by atoms with Crippen molar-refractivity contribution in [2.24, 2.45) is 0 Å². The van der Waals surface area contributed by atoms with Crippen LogP contribution in [0.2, 0.25) is 0 Å². The molecule has 132 valence electrons. The number of carbonyl (C=O) groups excluding carboxylic acids is 2. The van der Waals surface area contributed by atoms with Crippen LogP contribution >= 0.6 is 0 Å². The number of Topliss-reactive ketones (excluding diaryl/α,β-unsaturated/α-hetero) is 1. The quantitative estimate of drug-likeness (QED) is 0.780. The zero-order chi connectivity index (χ0) is 18.7. The third-order valence-electron chi connectivity index (χ3n) is 4.68. The van der Waals surface area contributed by atoms with E-state index in [0.717, 1.165) is 16.8 Å². The van der Waals surface area contributed by atoms with Crippen LogP contribution in [-0.4, -0.2) is 43.8 Å². The van der Waals surface area contributed by atoms with Gasteiger partial charge in [-0.3, -0.25) is 9.59 Å². The van der Waals surface area contributed by atoms with Gasteiger partial charge in [0, 0.05) is 38.0 Å². The van der Waals surface area contributed by atoms with Crippen molar-refractivity contribution < 1.29 is 9.59 Å². The van der Waals surface area contributed by atoms with Gasteiger partial charge in [0.1, 0.15) is 0 Å². The van der Waals surface area contributed by atoms with Crippen LogP contribution in [0, 0.1) is 13.8 Å². The van der Waals surface area contributed by atoms with Gasteiger partial charge in [-0.25, -0.2) is 0 Å². The van der Waals surface area contributed by atoms with Gasteiger partial charge in [0.15, 0.2) is 5.78 Å². The normalized spacial score (nSPS) is 11.8. The lowest BCUT2D eigenvalue weighted by Gasteiger charge is -2.25. The molecule has 1 atom stereocenters. The number of aryl methyl sites for hydroxylation is 2. The fourth-order valence-corrected chi connectivity index (χ4v) is 2.61. The van der Waals surface area contributed by atoms with Crippen molar-refractivity contribution in [3.8, 4) is 0 Å². The third-order valence-corrected chi connectivity index (χ3v) is 4.68. The van der Waals surface area contributed by atoms with Crippen LogP contribution in [0.1, 0.15) is 38.8 Å².